The smallest absolute Gasteiger partial charge is 0.339 e. The number of halogens is 2. The van der Waals surface area contributed by atoms with Gasteiger partial charge in [-0.05, 0) is 53.4 Å². The molecule has 0 atom stereocenters. The van der Waals surface area contributed by atoms with Crippen molar-refractivity contribution in [1.82, 2.24) is 0 Å². The fourth-order valence-corrected chi connectivity index (χ4v) is 5.16. The average molecular weight is 501 g/mol. The number of methoxy groups -OCH3 is 1. The Balaban J connectivity index is 1.45. The van der Waals surface area contributed by atoms with Crippen molar-refractivity contribution >= 4 is 55.5 Å². The normalized spacial score (nSPS) is 13.3. The van der Waals surface area contributed by atoms with Crippen LogP contribution < -0.4 is 19.6 Å². The van der Waals surface area contributed by atoms with Crippen LogP contribution in [0.25, 0.3) is 10.8 Å². The van der Waals surface area contributed by atoms with E-state index in [1.807, 2.05) is 24.3 Å². The molecule has 0 spiro atoms. The van der Waals surface area contributed by atoms with Gasteiger partial charge in [-0.25, -0.2) is 0 Å². The molecule has 0 bridgehead atoms. The van der Waals surface area contributed by atoms with Gasteiger partial charge in [0.1, 0.15) is 11.1 Å². The zero-order chi connectivity index (χ0) is 23.2. The van der Waals surface area contributed by atoms with Crippen molar-refractivity contribution in [3.63, 3.8) is 0 Å². The maximum absolute atomic E-state index is 12.8. The summed E-state index contributed by atoms with van der Waals surface area (Å²) in [6, 6.07) is 21.2. The summed E-state index contributed by atoms with van der Waals surface area (Å²) in [6.45, 7) is 0. The van der Waals surface area contributed by atoms with Gasteiger partial charge < -0.3 is 19.6 Å². The van der Waals surface area contributed by atoms with E-state index in [1.165, 1.54) is 25.3 Å². The van der Waals surface area contributed by atoms with E-state index >= 15 is 0 Å². The van der Waals surface area contributed by atoms with Crippen molar-refractivity contribution in [1.29, 1.82) is 0 Å². The van der Waals surface area contributed by atoms with Crippen LogP contribution in [0.15, 0.2) is 77.7 Å². The lowest BCUT2D eigenvalue weighted by Gasteiger charge is -2.30. The highest BCUT2D eigenvalue weighted by Gasteiger charge is 2.24. The van der Waals surface area contributed by atoms with Crippen LogP contribution >= 0.6 is 23.2 Å². The van der Waals surface area contributed by atoms with Crippen LogP contribution in [0.3, 0.4) is 0 Å². The highest BCUT2D eigenvalue weighted by Crippen LogP contribution is 2.40. The number of rotatable bonds is 5. The molecule has 1 aliphatic rings. The molecule has 0 saturated carbocycles. The Labute approximate surface area is 201 Å². The molecule has 4 aromatic carbocycles. The Morgan fingerprint density at radius 3 is 2.15 bits per heavy atom. The van der Waals surface area contributed by atoms with Gasteiger partial charge in [0.25, 0.3) is 0 Å². The van der Waals surface area contributed by atoms with Crippen LogP contribution in [-0.2, 0) is 10.1 Å². The number of benzene rings is 4. The highest BCUT2D eigenvalue weighted by molar-refractivity contribution is 7.87. The van der Waals surface area contributed by atoms with Gasteiger partial charge in [-0.15, -0.1) is 0 Å². The summed E-state index contributed by atoms with van der Waals surface area (Å²) >= 11 is 11.8. The van der Waals surface area contributed by atoms with Crippen LogP contribution in [-0.4, -0.2) is 15.5 Å². The van der Waals surface area contributed by atoms with E-state index in [9.17, 15) is 8.42 Å². The van der Waals surface area contributed by atoms with Gasteiger partial charge in [0.05, 0.1) is 17.2 Å². The first kappa shape index (κ1) is 21.7. The monoisotopic (exact) mass is 500 g/mol. The molecule has 0 unspecified atom stereocenters. The quantitative estimate of drug-likeness (QED) is 0.306. The molecular weight excluding hydrogens is 483 g/mol. The fourth-order valence-electron chi connectivity index (χ4n) is 3.83. The first-order chi connectivity index (χ1) is 15.9. The largest absolute Gasteiger partial charge is 0.493 e. The molecular formula is C24H18Cl2N2O4S. The number of anilines is 2. The van der Waals surface area contributed by atoms with Gasteiger partial charge in [0.2, 0.25) is 0 Å². The minimum Gasteiger partial charge on any atom is -0.493 e. The molecule has 1 aliphatic heterocycles. The first-order valence-electron chi connectivity index (χ1n) is 9.98. The molecule has 0 saturated heterocycles. The summed E-state index contributed by atoms with van der Waals surface area (Å²) < 4.78 is 36.3. The standard InChI is InChI=1S/C24H18Cl2N2O4S/c1-31-22-12-15(24-27-19-6-2-4-14-5-3-7-20(28-24)23(14)19)8-11-21(22)32-33(29,30)16-9-10-17(25)18(26)13-16/h2-13,24,27-28H,1H3. The molecule has 2 N–H and O–H groups in total. The maximum atomic E-state index is 12.8. The topological polar surface area (TPSA) is 76.7 Å². The Morgan fingerprint density at radius 2 is 1.52 bits per heavy atom. The average Bonchev–Trinajstić information content (AvgIpc) is 2.81. The molecule has 0 aromatic heterocycles. The lowest BCUT2D eigenvalue weighted by Crippen LogP contribution is -2.23. The van der Waals surface area contributed by atoms with Crippen molar-refractivity contribution in [3.8, 4) is 11.5 Å². The zero-order valence-corrected chi connectivity index (χ0v) is 19.6. The fraction of sp³-hybridized carbons (Fsp3) is 0.0833. The second-order valence-corrected chi connectivity index (χ2v) is 9.82. The van der Waals surface area contributed by atoms with E-state index in [1.54, 1.807) is 18.2 Å². The number of ether oxygens (including phenoxy) is 1. The summed E-state index contributed by atoms with van der Waals surface area (Å²) in [4.78, 5) is -0.108. The number of hydrogen-bond acceptors (Lipinski definition) is 6. The van der Waals surface area contributed by atoms with Gasteiger partial charge >= 0.3 is 10.1 Å². The highest BCUT2D eigenvalue weighted by atomic mass is 35.5. The van der Waals surface area contributed by atoms with Crippen molar-refractivity contribution in [3.05, 3.63) is 88.4 Å². The molecule has 0 aliphatic carbocycles. The summed E-state index contributed by atoms with van der Waals surface area (Å²) in [6.07, 6.45) is -0.250. The minimum absolute atomic E-state index is 0.0608. The second-order valence-electron chi connectivity index (χ2n) is 7.45. The van der Waals surface area contributed by atoms with E-state index < -0.39 is 10.1 Å². The van der Waals surface area contributed by atoms with Crippen LogP contribution in [0.4, 0.5) is 11.4 Å². The van der Waals surface area contributed by atoms with Crippen LogP contribution in [0.5, 0.6) is 11.5 Å². The van der Waals surface area contributed by atoms with Gasteiger partial charge in [0, 0.05) is 16.8 Å². The Kier molecular flexibility index (Phi) is 5.48. The van der Waals surface area contributed by atoms with Gasteiger partial charge in [-0.1, -0.05) is 53.5 Å². The SMILES string of the molecule is COc1cc(C2Nc3cccc4cccc(c34)N2)ccc1OS(=O)(=O)c1ccc(Cl)c(Cl)c1. The van der Waals surface area contributed by atoms with E-state index in [-0.39, 0.29) is 32.6 Å². The third kappa shape index (κ3) is 4.04. The van der Waals surface area contributed by atoms with Crippen molar-refractivity contribution in [2.45, 2.75) is 11.1 Å². The molecule has 1 heterocycles. The maximum Gasteiger partial charge on any atom is 0.339 e. The third-order valence-electron chi connectivity index (χ3n) is 5.40. The predicted octanol–water partition coefficient (Wildman–Crippen LogP) is 6.46. The van der Waals surface area contributed by atoms with Crippen LogP contribution in [0.1, 0.15) is 11.7 Å². The predicted molar refractivity (Wildman–Crippen MR) is 131 cm³/mol. The molecule has 0 radical (unpaired) electrons. The summed E-state index contributed by atoms with van der Waals surface area (Å²) in [5, 5.41) is 9.59. The molecule has 4 aromatic rings. The summed E-state index contributed by atoms with van der Waals surface area (Å²) in [5.41, 5.74) is 2.86. The van der Waals surface area contributed by atoms with Crippen molar-refractivity contribution in [2.75, 3.05) is 17.7 Å². The Bertz CT molecular complexity index is 1450. The van der Waals surface area contributed by atoms with E-state index in [2.05, 4.69) is 22.8 Å². The molecule has 5 rings (SSSR count). The van der Waals surface area contributed by atoms with Crippen molar-refractivity contribution < 1.29 is 17.3 Å². The number of hydrogen-bond donors (Lipinski definition) is 2. The lowest BCUT2D eigenvalue weighted by atomic mass is 10.0. The lowest BCUT2D eigenvalue weighted by molar-refractivity contribution is 0.390. The van der Waals surface area contributed by atoms with Crippen molar-refractivity contribution in [2.24, 2.45) is 0 Å². The van der Waals surface area contributed by atoms with Gasteiger partial charge in [0.15, 0.2) is 11.5 Å². The molecule has 0 fully saturated rings. The van der Waals surface area contributed by atoms with E-state index in [0.717, 1.165) is 27.7 Å². The molecule has 168 valence electrons. The van der Waals surface area contributed by atoms with Crippen LogP contribution in [0.2, 0.25) is 10.0 Å². The third-order valence-corrected chi connectivity index (χ3v) is 7.37. The summed E-state index contributed by atoms with van der Waals surface area (Å²) in [7, 11) is -2.69. The molecule has 6 nitrogen and oxygen atoms in total. The van der Waals surface area contributed by atoms with Gasteiger partial charge in [-0.3, -0.25) is 0 Å². The molecule has 9 heteroatoms. The Hall–Kier alpha value is -3.13. The molecule has 0 amide bonds. The minimum atomic E-state index is -4.14. The Morgan fingerprint density at radius 1 is 0.818 bits per heavy atom. The summed E-state index contributed by atoms with van der Waals surface area (Å²) in [5.74, 6) is 0.336. The zero-order valence-electron chi connectivity index (χ0n) is 17.3. The van der Waals surface area contributed by atoms with E-state index in [4.69, 9.17) is 32.1 Å². The van der Waals surface area contributed by atoms with Gasteiger partial charge in [-0.2, -0.15) is 8.42 Å². The van der Waals surface area contributed by atoms with E-state index in [0.29, 0.717) is 0 Å². The second kappa shape index (κ2) is 8.33. The van der Waals surface area contributed by atoms with Crippen LogP contribution in [0, 0.1) is 0 Å². The number of nitrogens with one attached hydrogen (secondary N) is 2. The molecule has 33 heavy (non-hydrogen) atoms. The first-order valence-corrected chi connectivity index (χ1v) is 12.1.